The van der Waals surface area contributed by atoms with E-state index in [0.717, 1.165) is 18.8 Å². The number of nitrogens with one attached hydrogen (secondary N) is 1. The third kappa shape index (κ3) is 5.34. The van der Waals surface area contributed by atoms with Crippen molar-refractivity contribution in [3.8, 4) is 6.07 Å². The van der Waals surface area contributed by atoms with E-state index in [0.29, 0.717) is 24.4 Å². The highest BCUT2D eigenvalue weighted by Gasteiger charge is 2.10. The van der Waals surface area contributed by atoms with E-state index in [1.807, 2.05) is 6.07 Å². The lowest BCUT2D eigenvalue weighted by molar-refractivity contribution is 0.0953. The molecule has 3 N–H and O–H groups in total. The molecule has 0 fully saturated rings. The number of amides is 1. The van der Waals surface area contributed by atoms with Crippen LogP contribution >= 0.6 is 0 Å². The topological polar surface area (TPSA) is 95.0 Å². The summed E-state index contributed by atoms with van der Waals surface area (Å²) in [6, 6.07) is 5.67. The fraction of sp³-hybridized carbons (Fsp3) is 0.500. The third-order valence-electron chi connectivity index (χ3n) is 2.77. The van der Waals surface area contributed by atoms with Crippen LogP contribution in [0.3, 0.4) is 0 Å². The Morgan fingerprint density at radius 1 is 1.55 bits per heavy atom. The molecule has 0 saturated carbocycles. The standard InChI is InChI=1S/C14H21N5O/c1-11(2)9-19(7-3-6-15)10-13-5-4-12(8-17-13)14(20)18-16/h4-5,8,11H,3,7,9-10,16H2,1-2H3,(H,18,20). The average molecular weight is 275 g/mol. The lowest BCUT2D eigenvalue weighted by Crippen LogP contribution is -2.30. The number of carbonyl (C=O) groups excluding carboxylic acids is 1. The van der Waals surface area contributed by atoms with E-state index in [1.54, 1.807) is 6.07 Å². The van der Waals surface area contributed by atoms with Gasteiger partial charge in [0.1, 0.15) is 0 Å². The van der Waals surface area contributed by atoms with E-state index in [4.69, 9.17) is 11.1 Å². The molecule has 0 bridgehead atoms. The van der Waals surface area contributed by atoms with Gasteiger partial charge in [-0.2, -0.15) is 5.26 Å². The molecule has 1 aromatic heterocycles. The van der Waals surface area contributed by atoms with Crippen LogP contribution < -0.4 is 11.3 Å². The molecule has 108 valence electrons. The van der Waals surface area contributed by atoms with Crippen LogP contribution in [0.2, 0.25) is 0 Å². The number of hydrogen-bond acceptors (Lipinski definition) is 5. The number of carbonyl (C=O) groups is 1. The van der Waals surface area contributed by atoms with Gasteiger partial charge in [-0.25, -0.2) is 5.84 Å². The van der Waals surface area contributed by atoms with E-state index >= 15 is 0 Å². The Hall–Kier alpha value is -1.97. The summed E-state index contributed by atoms with van der Waals surface area (Å²) in [5.74, 6) is 5.24. The van der Waals surface area contributed by atoms with Crippen LogP contribution in [0.15, 0.2) is 18.3 Å². The van der Waals surface area contributed by atoms with Crippen LogP contribution in [0.25, 0.3) is 0 Å². The first kappa shape index (κ1) is 16.1. The van der Waals surface area contributed by atoms with Crippen molar-refractivity contribution in [3.05, 3.63) is 29.6 Å². The second kappa shape index (κ2) is 8.25. The zero-order valence-corrected chi connectivity index (χ0v) is 12.0. The van der Waals surface area contributed by atoms with Crippen LogP contribution in [0.4, 0.5) is 0 Å². The van der Waals surface area contributed by atoms with Crippen LogP contribution in [0, 0.1) is 17.2 Å². The fourth-order valence-electron chi connectivity index (χ4n) is 1.92. The summed E-state index contributed by atoms with van der Waals surface area (Å²) in [7, 11) is 0. The monoisotopic (exact) mass is 275 g/mol. The van der Waals surface area contributed by atoms with E-state index in [9.17, 15) is 4.79 Å². The van der Waals surface area contributed by atoms with Gasteiger partial charge in [-0.05, 0) is 18.1 Å². The lowest BCUT2D eigenvalue weighted by Gasteiger charge is -2.22. The van der Waals surface area contributed by atoms with Crippen molar-refractivity contribution in [3.63, 3.8) is 0 Å². The number of nitrogens with two attached hydrogens (primary N) is 1. The summed E-state index contributed by atoms with van der Waals surface area (Å²) in [6.45, 7) is 6.59. The minimum atomic E-state index is -0.354. The number of nitrogens with zero attached hydrogens (tertiary/aromatic N) is 3. The van der Waals surface area contributed by atoms with Gasteiger partial charge in [0.2, 0.25) is 0 Å². The molecule has 1 rings (SSSR count). The Morgan fingerprint density at radius 2 is 2.30 bits per heavy atom. The lowest BCUT2D eigenvalue weighted by atomic mass is 10.2. The first-order valence-electron chi connectivity index (χ1n) is 6.62. The first-order chi connectivity index (χ1) is 9.56. The largest absolute Gasteiger partial charge is 0.296 e. The van der Waals surface area contributed by atoms with Crippen molar-refractivity contribution >= 4 is 5.91 Å². The van der Waals surface area contributed by atoms with Crippen molar-refractivity contribution in [2.24, 2.45) is 11.8 Å². The Morgan fingerprint density at radius 3 is 2.80 bits per heavy atom. The van der Waals surface area contributed by atoms with E-state index in [-0.39, 0.29) is 5.91 Å². The minimum absolute atomic E-state index is 0.354. The zero-order chi connectivity index (χ0) is 15.0. The van der Waals surface area contributed by atoms with Crippen LogP contribution in [0.5, 0.6) is 0 Å². The van der Waals surface area contributed by atoms with Gasteiger partial charge in [-0.1, -0.05) is 13.8 Å². The van der Waals surface area contributed by atoms with E-state index < -0.39 is 0 Å². The summed E-state index contributed by atoms with van der Waals surface area (Å²) in [4.78, 5) is 17.8. The minimum Gasteiger partial charge on any atom is -0.296 e. The Bertz CT molecular complexity index is 463. The number of rotatable bonds is 7. The van der Waals surface area contributed by atoms with Gasteiger partial charge in [0.05, 0.1) is 17.3 Å². The zero-order valence-electron chi connectivity index (χ0n) is 12.0. The number of pyridine rings is 1. The highest BCUT2D eigenvalue weighted by Crippen LogP contribution is 2.07. The molecule has 1 aromatic rings. The van der Waals surface area contributed by atoms with Crippen molar-refractivity contribution in [2.45, 2.75) is 26.8 Å². The molecule has 0 atom stereocenters. The third-order valence-corrected chi connectivity index (χ3v) is 2.77. The molecule has 20 heavy (non-hydrogen) atoms. The maximum Gasteiger partial charge on any atom is 0.266 e. The number of aromatic nitrogens is 1. The molecule has 0 radical (unpaired) electrons. The second-order valence-electron chi connectivity index (χ2n) is 5.05. The van der Waals surface area contributed by atoms with Crippen LogP contribution in [0.1, 0.15) is 36.3 Å². The molecule has 0 spiro atoms. The van der Waals surface area contributed by atoms with Crippen molar-refractivity contribution < 1.29 is 4.79 Å². The Balaban J connectivity index is 2.68. The van der Waals surface area contributed by atoms with Crippen molar-refractivity contribution in [1.29, 1.82) is 5.26 Å². The van der Waals surface area contributed by atoms with Gasteiger partial charge in [-0.15, -0.1) is 0 Å². The maximum absolute atomic E-state index is 11.3. The normalized spacial score (nSPS) is 10.6. The summed E-state index contributed by atoms with van der Waals surface area (Å²) < 4.78 is 0. The predicted octanol–water partition coefficient (Wildman–Crippen LogP) is 1.06. The number of nitriles is 1. The summed E-state index contributed by atoms with van der Waals surface area (Å²) in [5.41, 5.74) is 3.38. The van der Waals surface area contributed by atoms with Crippen LogP contribution in [-0.2, 0) is 6.54 Å². The van der Waals surface area contributed by atoms with Crippen molar-refractivity contribution in [2.75, 3.05) is 13.1 Å². The Labute approximate surface area is 119 Å². The number of hydrazine groups is 1. The molecule has 6 nitrogen and oxygen atoms in total. The molecule has 6 heteroatoms. The number of nitrogen functional groups attached to an aromatic ring is 1. The van der Waals surface area contributed by atoms with Gasteiger partial charge in [0.15, 0.2) is 0 Å². The Kier molecular flexibility index (Phi) is 6.64. The summed E-state index contributed by atoms with van der Waals surface area (Å²) >= 11 is 0. The molecular weight excluding hydrogens is 254 g/mol. The quantitative estimate of drug-likeness (QED) is 0.441. The second-order valence-corrected chi connectivity index (χ2v) is 5.05. The summed E-state index contributed by atoms with van der Waals surface area (Å²) in [6.07, 6.45) is 2.01. The highest BCUT2D eigenvalue weighted by molar-refractivity contribution is 5.93. The fourth-order valence-corrected chi connectivity index (χ4v) is 1.92. The highest BCUT2D eigenvalue weighted by atomic mass is 16.2. The first-order valence-corrected chi connectivity index (χ1v) is 6.62. The molecule has 0 aliphatic heterocycles. The summed E-state index contributed by atoms with van der Waals surface area (Å²) in [5, 5.41) is 8.69. The molecule has 0 aromatic carbocycles. The predicted molar refractivity (Wildman–Crippen MR) is 76.2 cm³/mol. The van der Waals surface area contributed by atoms with Crippen LogP contribution in [-0.4, -0.2) is 28.9 Å². The van der Waals surface area contributed by atoms with Gasteiger partial charge in [0, 0.05) is 32.3 Å². The molecular formula is C14H21N5O. The van der Waals surface area contributed by atoms with Gasteiger partial charge in [0.25, 0.3) is 5.91 Å². The van der Waals surface area contributed by atoms with E-state index in [1.165, 1.54) is 6.20 Å². The number of hydrogen-bond donors (Lipinski definition) is 2. The molecule has 1 amide bonds. The maximum atomic E-state index is 11.3. The van der Waals surface area contributed by atoms with E-state index in [2.05, 4.69) is 35.2 Å². The molecule has 0 aliphatic carbocycles. The molecule has 0 aliphatic rings. The average Bonchev–Trinajstić information content (AvgIpc) is 2.44. The molecule has 0 saturated heterocycles. The SMILES string of the molecule is CC(C)CN(CCC#N)Cc1ccc(C(=O)NN)cn1. The molecule has 0 unspecified atom stereocenters. The molecule has 1 heterocycles. The van der Waals surface area contributed by atoms with Gasteiger partial charge >= 0.3 is 0 Å². The smallest absolute Gasteiger partial charge is 0.266 e. The van der Waals surface area contributed by atoms with Gasteiger partial charge < -0.3 is 0 Å². The van der Waals surface area contributed by atoms with Crippen molar-refractivity contribution in [1.82, 2.24) is 15.3 Å². The van der Waals surface area contributed by atoms with Gasteiger partial charge in [-0.3, -0.25) is 20.1 Å².